The van der Waals surface area contributed by atoms with E-state index in [4.69, 9.17) is 66.7 Å². The van der Waals surface area contributed by atoms with E-state index in [1.165, 1.54) is 0 Å². The van der Waals surface area contributed by atoms with Gasteiger partial charge in [-0.1, -0.05) is 0 Å². The smallest absolute Gasteiger partial charge is 0.372 e. The van der Waals surface area contributed by atoms with Crippen LogP contribution in [0.15, 0.2) is 0 Å². The number of hydrogen-bond donors (Lipinski definition) is 1. The monoisotopic (exact) mass is 702 g/mol. The van der Waals surface area contributed by atoms with Crippen LogP contribution in [0.25, 0.3) is 0 Å². The normalized spacial score (nSPS) is 11.3. The summed E-state index contributed by atoms with van der Waals surface area (Å²) in [6, 6.07) is 0. The van der Waals surface area contributed by atoms with E-state index >= 15 is 0 Å². The summed E-state index contributed by atoms with van der Waals surface area (Å²) in [5, 5.41) is 8.44. The van der Waals surface area contributed by atoms with Gasteiger partial charge in [0.25, 0.3) is 0 Å². The van der Waals surface area contributed by atoms with Gasteiger partial charge >= 0.3 is 11.9 Å². The fourth-order valence-corrected chi connectivity index (χ4v) is 3.17. The lowest BCUT2D eigenvalue weighted by Crippen LogP contribution is -2.17. The number of ketones is 1. The minimum atomic E-state index is -1.56. The molecule has 0 spiro atoms. The lowest BCUT2D eigenvalue weighted by molar-refractivity contribution is -0.151. The van der Waals surface area contributed by atoms with Gasteiger partial charge in [0, 0.05) is 13.0 Å². The first-order chi connectivity index (χ1) is 23.6. The molecule has 17 heteroatoms. The van der Waals surface area contributed by atoms with Gasteiger partial charge in [-0.15, -0.1) is 0 Å². The maximum Gasteiger partial charge on any atom is 0.372 e. The summed E-state index contributed by atoms with van der Waals surface area (Å²) in [4.78, 5) is 32.6. The molecule has 0 aliphatic carbocycles. The van der Waals surface area contributed by atoms with Gasteiger partial charge in [-0.3, -0.25) is 9.59 Å². The third-order valence-electron chi connectivity index (χ3n) is 5.58. The van der Waals surface area contributed by atoms with E-state index in [9.17, 15) is 14.4 Å². The summed E-state index contributed by atoms with van der Waals surface area (Å²) in [7, 11) is 0. The summed E-state index contributed by atoms with van der Waals surface area (Å²) < 4.78 is 69.5. The van der Waals surface area contributed by atoms with Gasteiger partial charge in [0.2, 0.25) is 5.78 Å². The van der Waals surface area contributed by atoms with Crippen LogP contribution < -0.4 is 0 Å². The van der Waals surface area contributed by atoms with Crippen LogP contribution in [0.4, 0.5) is 0 Å². The van der Waals surface area contributed by atoms with Crippen molar-refractivity contribution in [1.82, 2.24) is 0 Å². The Balaban J connectivity index is 3.11. The van der Waals surface area contributed by atoms with Crippen molar-refractivity contribution >= 4 is 17.7 Å². The van der Waals surface area contributed by atoms with E-state index in [0.29, 0.717) is 152 Å². The number of Topliss-reactive ketones (excluding diaryl/α,β-unsaturated/α-hetero) is 1. The van der Waals surface area contributed by atoms with Crippen LogP contribution in [0.2, 0.25) is 0 Å². The Bertz CT molecular complexity index is 713. The van der Waals surface area contributed by atoms with Crippen LogP contribution in [-0.4, -0.2) is 188 Å². The maximum absolute atomic E-state index is 11.4. The quantitative estimate of drug-likeness (QED) is 0.0515. The van der Waals surface area contributed by atoms with Crippen LogP contribution in [0.3, 0.4) is 0 Å². The van der Waals surface area contributed by atoms with Crippen LogP contribution in [0, 0.1) is 0 Å². The topological polar surface area (TPSA) is 191 Å². The summed E-state index contributed by atoms with van der Waals surface area (Å²) >= 11 is 0. The van der Waals surface area contributed by atoms with Crippen LogP contribution >= 0.6 is 0 Å². The molecule has 0 aromatic heterocycles. The molecule has 1 N–H and O–H groups in total. The molecular formula is C31H58O17. The Hall–Kier alpha value is -1.87. The first-order valence-corrected chi connectivity index (χ1v) is 16.4. The number of hydrogen-bond acceptors (Lipinski definition) is 16. The molecule has 0 radical (unpaired) electrons. The number of aliphatic carboxylic acids is 1. The minimum absolute atomic E-state index is 0.0131. The molecule has 0 aromatic carbocycles. The second-order valence-electron chi connectivity index (χ2n) is 9.38. The van der Waals surface area contributed by atoms with E-state index in [1.54, 1.807) is 0 Å². The highest BCUT2D eigenvalue weighted by Crippen LogP contribution is 1.95. The fraction of sp³-hybridized carbons (Fsp3) is 0.903. The maximum atomic E-state index is 11.4. The number of carbonyl (C=O) groups is 3. The largest absolute Gasteiger partial charge is 0.476 e. The molecule has 0 saturated heterocycles. The predicted molar refractivity (Wildman–Crippen MR) is 168 cm³/mol. The van der Waals surface area contributed by atoms with Crippen molar-refractivity contribution in [2.24, 2.45) is 0 Å². The average Bonchev–Trinajstić information content (AvgIpc) is 3.08. The summed E-state index contributed by atoms with van der Waals surface area (Å²) in [6.45, 7) is 13.3. The molecule has 0 saturated carbocycles. The second-order valence-corrected chi connectivity index (χ2v) is 9.38. The molecule has 0 amide bonds. The number of carboxylic acids is 1. The number of esters is 1. The Labute approximate surface area is 283 Å². The highest BCUT2D eigenvalue weighted by atomic mass is 16.6. The highest BCUT2D eigenvalue weighted by Gasteiger charge is 2.14. The van der Waals surface area contributed by atoms with Gasteiger partial charge in [-0.25, -0.2) is 4.79 Å². The van der Waals surface area contributed by atoms with Gasteiger partial charge in [0.15, 0.2) is 0 Å². The first-order valence-electron chi connectivity index (χ1n) is 16.4. The van der Waals surface area contributed by atoms with Crippen LogP contribution in [-0.2, 0) is 76.0 Å². The van der Waals surface area contributed by atoms with E-state index < -0.39 is 17.7 Å². The fourth-order valence-electron chi connectivity index (χ4n) is 3.17. The van der Waals surface area contributed by atoms with Crippen molar-refractivity contribution in [3.05, 3.63) is 0 Å². The molecule has 284 valence electrons. The van der Waals surface area contributed by atoms with Crippen molar-refractivity contribution in [2.45, 2.75) is 19.8 Å². The molecule has 0 unspecified atom stereocenters. The number of ether oxygens (including phenoxy) is 13. The third-order valence-corrected chi connectivity index (χ3v) is 5.58. The molecule has 17 nitrogen and oxygen atoms in total. The van der Waals surface area contributed by atoms with E-state index in [1.807, 2.05) is 6.92 Å². The van der Waals surface area contributed by atoms with Gasteiger partial charge in [0.1, 0.15) is 6.61 Å². The standard InChI is InChI=1S/C31H58O17/c1-2-36-5-6-37-7-8-38-9-10-39-11-12-40-13-14-41-15-16-42-17-18-43-19-20-44-21-22-45-23-24-46-25-26-47-27-28-48-30(33)4-3-29(32)31(34)35/h2-28H2,1H3,(H,34,35). The Morgan fingerprint density at radius 2 is 0.583 bits per heavy atom. The lowest BCUT2D eigenvalue weighted by Gasteiger charge is -2.09. The Morgan fingerprint density at radius 1 is 0.354 bits per heavy atom. The van der Waals surface area contributed by atoms with E-state index in [2.05, 4.69) is 0 Å². The molecule has 0 aliphatic rings. The van der Waals surface area contributed by atoms with Crippen molar-refractivity contribution in [1.29, 1.82) is 0 Å². The van der Waals surface area contributed by atoms with Crippen molar-refractivity contribution in [3.8, 4) is 0 Å². The zero-order valence-electron chi connectivity index (χ0n) is 28.6. The number of rotatable bonds is 41. The first kappa shape index (κ1) is 46.1. The second kappa shape index (κ2) is 39.6. The van der Waals surface area contributed by atoms with Crippen molar-refractivity contribution in [2.75, 3.05) is 165 Å². The van der Waals surface area contributed by atoms with E-state index in [-0.39, 0.29) is 26.1 Å². The molecule has 0 aliphatic heterocycles. The Kier molecular flexibility index (Phi) is 38.0. The minimum Gasteiger partial charge on any atom is -0.476 e. The van der Waals surface area contributed by atoms with Crippen molar-refractivity contribution < 1.29 is 81.1 Å². The molecule has 0 bridgehead atoms. The zero-order valence-corrected chi connectivity index (χ0v) is 28.6. The molecule has 0 fully saturated rings. The molecule has 48 heavy (non-hydrogen) atoms. The van der Waals surface area contributed by atoms with Gasteiger partial charge < -0.3 is 66.7 Å². The van der Waals surface area contributed by atoms with Crippen LogP contribution in [0.1, 0.15) is 19.8 Å². The molecule has 0 heterocycles. The predicted octanol–water partition coefficient (Wildman–Crippen LogP) is 0.183. The van der Waals surface area contributed by atoms with Crippen LogP contribution in [0.5, 0.6) is 0 Å². The third kappa shape index (κ3) is 38.6. The summed E-state index contributed by atoms with van der Waals surface area (Å²) in [5.74, 6) is -3.24. The molecule has 0 rings (SSSR count). The highest BCUT2D eigenvalue weighted by molar-refractivity contribution is 6.32. The summed E-state index contributed by atoms with van der Waals surface area (Å²) in [5.41, 5.74) is 0. The Morgan fingerprint density at radius 3 is 0.812 bits per heavy atom. The zero-order chi connectivity index (χ0) is 35.0. The van der Waals surface area contributed by atoms with Crippen molar-refractivity contribution in [3.63, 3.8) is 0 Å². The lowest BCUT2D eigenvalue weighted by atomic mass is 10.2. The van der Waals surface area contributed by atoms with E-state index in [0.717, 1.165) is 0 Å². The molecular weight excluding hydrogens is 644 g/mol. The number of carbonyl (C=O) groups excluding carboxylic acids is 2. The van der Waals surface area contributed by atoms with Gasteiger partial charge in [0.05, 0.1) is 158 Å². The SMILES string of the molecule is CCOCCOCCOCCOCCOCCOCCOCCOCCOCCOCCOCCOCCOC(=O)CCC(=O)C(=O)O. The average molecular weight is 703 g/mol. The molecule has 0 atom stereocenters. The van der Waals surface area contributed by atoms with Gasteiger partial charge in [-0.05, 0) is 6.92 Å². The number of carboxylic acid groups (broad SMARTS) is 1. The van der Waals surface area contributed by atoms with Gasteiger partial charge in [-0.2, -0.15) is 0 Å². The summed E-state index contributed by atoms with van der Waals surface area (Å²) in [6.07, 6.45) is -0.661. The molecule has 0 aromatic rings.